The van der Waals surface area contributed by atoms with Gasteiger partial charge in [-0.3, -0.25) is 20.6 Å². The Morgan fingerprint density at radius 3 is 2.80 bits per heavy atom. The average Bonchev–Trinajstić information content (AvgIpc) is 2.38. The highest BCUT2D eigenvalue weighted by Crippen LogP contribution is 2.15. The highest BCUT2D eigenvalue weighted by molar-refractivity contribution is 5.95. The number of nitro groups is 1. The quantitative estimate of drug-likeness (QED) is 0.398. The first kappa shape index (κ1) is 14.2. The summed E-state index contributed by atoms with van der Waals surface area (Å²) in [5, 5.41) is 13.2. The van der Waals surface area contributed by atoms with E-state index in [0.717, 1.165) is 6.20 Å². The predicted molar refractivity (Wildman–Crippen MR) is 68.8 cm³/mol. The maximum atomic E-state index is 12.1. The van der Waals surface area contributed by atoms with Crippen LogP contribution in [0.5, 0.6) is 0 Å². The zero-order valence-corrected chi connectivity index (χ0v) is 10.7. The maximum absolute atomic E-state index is 12.1. The Kier molecular flexibility index (Phi) is 3.86. The van der Waals surface area contributed by atoms with Gasteiger partial charge in [0.1, 0.15) is 0 Å². The fourth-order valence-corrected chi connectivity index (χ4v) is 1.96. The first-order valence-corrected chi connectivity index (χ1v) is 6.04. The van der Waals surface area contributed by atoms with E-state index in [9.17, 15) is 14.9 Å². The molecule has 0 aromatic rings. The smallest absolute Gasteiger partial charge is 0.326 e. The van der Waals surface area contributed by atoms with Crippen molar-refractivity contribution in [3.63, 3.8) is 0 Å². The van der Waals surface area contributed by atoms with Crippen molar-refractivity contribution in [3.8, 4) is 0 Å². The molecule has 0 spiro atoms. The Balaban J connectivity index is 2.02. The average molecular weight is 284 g/mol. The van der Waals surface area contributed by atoms with E-state index in [-0.39, 0.29) is 23.9 Å². The number of nitrogens with one attached hydrogen (secondary N) is 1. The van der Waals surface area contributed by atoms with Gasteiger partial charge in [-0.15, -0.1) is 0 Å². The first-order chi connectivity index (χ1) is 9.41. The zero-order valence-electron chi connectivity index (χ0n) is 10.7. The number of nitrogens with two attached hydrogens (primary N) is 2. The van der Waals surface area contributed by atoms with Crippen LogP contribution < -0.4 is 16.8 Å². The van der Waals surface area contributed by atoms with Gasteiger partial charge in [-0.05, 0) is 0 Å². The number of carbonyl (C=O) groups excluding carboxylic acids is 1. The molecule has 10 nitrogen and oxygen atoms in total. The van der Waals surface area contributed by atoms with Gasteiger partial charge in [0, 0.05) is 13.1 Å². The fraction of sp³-hybridized carbons (Fsp3) is 0.600. The van der Waals surface area contributed by atoms with Crippen molar-refractivity contribution in [2.45, 2.75) is 12.2 Å². The van der Waals surface area contributed by atoms with Gasteiger partial charge in [-0.2, -0.15) is 0 Å². The number of hydrogen-bond donors (Lipinski definition) is 3. The molecule has 0 bridgehead atoms. The van der Waals surface area contributed by atoms with E-state index in [4.69, 9.17) is 16.2 Å². The molecule has 20 heavy (non-hydrogen) atoms. The van der Waals surface area contributed by atoms with E-state index in [1.807, 2.05) is 0 Å². The van der Waals surface area contributed by atoms with Gasteiger partial charge < -0.3 is 20.7 Å². The molecule has 1 amide bonds. The minimum absolute atomic E-state index is 0.144. The molecule has 5 N–H and O–H groups in total. The summed E-state index contributed by atoms with van der Waals surface area (Å²) in [6, 6.07) is 0. The Hall–Kier alpha value is -2.20. The highest BCUT2D eigenvalue weighted by Gasteiger charge is 2.35. The lowest BCUT2D eigenvalue weighted by Crippen LogP contribution is -2.57. The third kappa shape index (κ3) is 3.03. The molecule has 0 aliphatic carbocycles. The lowest BCUT2D eigenvalue weighted by Gasteiger charge is -2.32. The van der Waals surface area contributed by atoms with E-state index in [2.05, 4.69) is 10.3 Å². The number of amidine groups is 1. The standard InChI is InChI=1S/C10H16N6O4/c11-9-7(16(18)19)6-13-10(12,14-9)5-8(17)15-1-3-20-4-2-15/h6,13H,1-5,12H2,(H2,11,14). The maximum Gasteiger partial charge on any atom is 0.326 e. The number of morpholine rings is 1. The van der Waals surface area contributed by atoms with E-state index < -0.39 is 10.7 Å². The molecule has 1 saturated heterocycles. The number of nitrogens with zero attached hydrogens (tertiary/aromatic N) is 3. The summed E-state index contributed by atoms with van der Waals surface area (Å²) in [6.45, 7) is 1.94. The summed E-state index contributed by atoms with van der Waals surface area (Å²) in [7, 11) is 0. The molecule has 2 heterocycles. The molecular weight excluding hydrogens is 268 g/mol. The molecule has 0 radical (unpaired) electrons. The lowest BCUT2D eigenvalue weighted by molar-refractivity contribution is -0.416. The first-order valence-electron chi connectivity index (χ1n) is 6.04. The van der Waals surface area contributed by atoms with E-state index >= 15 is 0 Å². The third-order valence-electron chi connectivity index (χ3n) is 3.02. The molecule has 1 atom stereocenters. The van der Waals surface area contributed by atoms with Crippen LogP contribution in [0.15, 0.2) is 16.9 Å². The van der Waals surface area contributed by atoms with E-state index in [0.29, 0.717) is 26.3 Å². The molecule has 0 saturated carbocycles. The molecule has 0 aromatic heterocycles. The van der Waals surface area contributed by atoms with Crippen molar-refractivity contribution in [2.24, 2.45) is 16.5 Å². The molecule has 2 aliphatic rings. The Labute approximate surface area is 114 Å². The molecule has 1 unspecified atom stereocenters. The second-order valence-electron chi connectivity index (χ2n) is 4.52. The van der Waals surface area contributed by atoms with Crippen molar-refractivity contribution in [2.75, 3.05) is 26.3 Å². The third-order valence-corrected chi connectivity index (χ3v) is 3.02. The van der Waals surface area contributed by atoms with Crippen molar-refractivity contribution < 1.29 is 14.5 Å². The van der Waals surface area contributed by atoms with Crippen LogP contribution in [-0.4, -0.2) is 53.7 Å². The van der Waals surface area contributed by atoms with Crippen LogP contribution in [0.3, 0.4) is 0 Å². The Morgan fingerprint density at radius 1 is 1.60 bits per heavy atom. The molecular formula is C10H16N6O4. The molecule has 110 valence electrons. The molecule has 10 heteroatoms. The topological polar surface area (TPSA) is 149 Å². The van der Waals surface area contributed by atoms with Gasteiger partial charge >= 0.3 is 5.70 Å². The number of hydrogen-bond acceptors (Lipinski definition) is 8. The van der Waals surface area contributed by atoms with Crippen LogP contribution >= 0.6 is 0 Å². The van der Waals surface area contributed by atoms with E-state index in [1.165, 1.54) is 0 Å². The minimum Gasteiger partial charge on any atom is -0.378 e. The summed E-state index contributed by atoms with van der Waals surface area (Å²) in [6.07, 6.45) is 0.921. The molecule has 2 rings (SSSR count). The number of amides is 1. The van der Waals surface area contributed by atoms with Gasteiger partial charge in [0.15, 0.2) is 5.79 Å². The summed E-state index contributed by atoms with van der Waals surface area (Å²) in [4.78, 5) is 27.5. The SMILES string of the molecule is NC1=NC(N)(CC(=O)N2CCOCC2)NC=C1[N+](=O)[O-]. The van der Waals surface area contributed by atoms with Crippen molar-refractivity contribution in [1.82, 2.24) is 10.2 Å². The fourth-order valence-electron chi connectivity index (χ4n) is 1.96. The molecule has 2 aliphatic heterocycles. The number of rotatable bonds is 3. The lowest BCUT2D eigenvalue weighted by atomic mass is 10.2. The normalized spacial score (nSPS) is 26.4. The van der Waals surface area contributed by atoms with Crippen molar-refractivity contribution >= 4 is 11.7 Å². The van der Waals surface area contributed by atoms with Crippen LogP contribution in [0, 0.1) is 10.1 Å². The van der Waals surface area contributed by atoms with E-state index in [1.54, 1.807) is 4.90 Å². The Bertz CT molecular complexity index is 484. The number of aliphatic imine (C=N–C) groups is 1. The minimum atomic E-state index is -1.46. The summed E-state index contributed by atoms with van der Waals surface area (Å²) >= 11 is 0. The van der Waals surface area contributed by atoms with Gasteiger partial charge in [0.2, 0.25) is 11.7 Å². The largest absolute Gasteiger partial charge is 0.378 e. The molecule has 0 aromatic carbocycles. The monoisotopic (exact) mass is 284 g/mol. The highest BCUT2D eigenvalue weighted by atomic mass is 16.6. The summed E-state index contributed by atoms with van der Waals surface area (Å²) in [5.41, 5.74) is 11.0. The number of carbonyl (C=O) groups is 1. The van der Waals surface area contributed by atoms with Crippen molar-refractivity contribution in [3.05, 3.63) is 22.0 Å². The second-order valence-corrected chi connectivity index (χ2v) is 4.52. The zero-order chi connectivity index (χ0) is 14.8. The second kappa shape index (κ2) is 5.43. The van der Waals surface area contributed by atoms with Crippen LogP contribution in [0.1, 0.15) is 6.42 Å². The summed E-state index contributed by atoms with van der Waals surface area (Å²) in [5.74, 6) is -1.97. The van der Waals surface area contributed by atoms with Gasteiger partial charge in [-0.1, -0.05) is 0 Å². The number of ether oxygens (including phenoxy) is 1. The molecule has 1 fully saturated rings. The van der Waals surface area contributed by atoms with Crippen LogP contribution in [0.2, 0.25) is 0 Å². The van der Waals surface area contributed by atoms with Crippen LogP contribution in [-0.2, 0) is 9.53 Å². The van der Waals surface area contributed by atoms with Gasteiger partial charge in [0.25, 0.3) is 0 Å². The van der Waals surface area contributed by atoms with Crippen molar-refractivity contribution in [1.29, 1.82) is 0 Å². The predicted octanol–water partition coefficient (Wildman–Crippen LogP) is -2.07. The Morgan fingerprint density at radius 2 is 2.25 bits per heavy atom. The van der Waals surface area contributed by atoms with Crippen LogP contribution in [0.25, 0.3) is 0 Å². The van der Waals surface area contributed by atoms with Crippen LogP contribution in [0.4, 0.5) is 0 Å². The van der Waals surface area contributed by atoms with Gasteiger partial charge in [0.05, 0.1) is 30.8 Å². The summed E-state index contributed by atoms with van der Waals surface area (Å²) < 4.78 is 5.15. The van der Waals surface area contributed by atoms with Gasteiger partial charge in [-0.25, -0.2) is 4.99 Å².